The molecule has 8 heteroatoms. The van der Waals surface area contributed by atoms with Crippen molar-refractivity contribution in [2.45, 2.75) is 45.3 Å². The number of anilines is 1. The number of para-hydroxylation sites is 1. The molecule has 28 heavy (non-hydrogen) atoms. The summed E-state index contributed by atoms with van der Waals surface area (Å²) in [6.07, 6.45) is -2.99. The van der Waals surface area contributed by atoms with Gasteiger partial charge in [0, 0.05) is 19.3 Å². The second kappa shape index (κ2) is 9.41. The summed E-state index contributed by atoms with van der Waals surface area (Å²) in [5.74, 6) is -2.10. The van der Waals surface area contributed by atoms with Crippen LogP contribution in [0.3, 0.4) is 0 Å². The van der Waals surface area contributed by atoms with Gasteiger partial charge in [0.25, 0.3) is 0 Å². The van der Waals surface area contributed by atoms with Gasteiger partial charge in [-0.3, -0.25) is 14.5 Å². The van der Waals surface area contributed by atoms with Gasteiger partial charge in [0.15, 0.2) is 0 Å². The van der Waals surface area contributed by atoms with Crippen LogP contribution in [0.1, 0.15) is 32.3 Å². The van der Waals surface area contributed by atoms with E-state index < -0.39 is 18.1 Å². The summed E-state index contributed by atoms with van der Waals surface area (Å²) in [5, 5.41) is 2.80. The number of aryl methyl sites for hydroxylation is 1. The summed E-state index contributed by atoms with van der Waals surface area (Å²) < 4.78 is 39.0. The summed E-state index contributed by atoms with van der Waals surface area (Å²) in [6, 6.07) is 6.72. The quantitative estimate of drug-likeness (QED) is 0.799. The lowest BCUT2D eigenvalue weighted by atomic mass is 9.96. The first-order chi connectivity index (χ1) is 13.1. The summed E-state index contributed by atoms with van der Waals surface area (Å²) in [6.45, 7) is 3.69. The van der Waals surface area contributed by atoms with E-state index >= 15 is 0 Å². The van der Waals surface area contributed by atoms with Crippen LogP contribution in [0.4, 0.5) is 18.9 Å². The fourth-order valence-corrected chi connectivity index (χ4v) is 3.53. The number of piperidine rings is 1. The van der Waals surface area contributed by atoms with E-state index in [-0.39, 0.29) is 31.3 Å². The minimum Gasteiger partial charge on any atom is -0.335 e. The molecule has 2 amide bonds. The Labute approximate surface area is 163 Å². The second-order valence-corrected chi connectivity index (χ2v) is 7.30. The fourth-order valence-electron chi connectivity index (χ4n) is 3.53. The number of nitrogens with one attached hydrogen (secondary N) is 1. The molecule has 2 rings (SSSR count). The highest BCUT2D eigenvalue weighted by Gasteiger charge is 2.43. The number of alkyl halides is 3. The second-order valence-electron chi connectivity index (χ2n) is 7.30. The Morgan fingerprint density at radius 1 is 1.32 bits per heavy atom. The Hall–Kier alpha value is -2.09. The highest BCUT2D eigenvalue weighted by molar-refractivity contribution is 5.95. The van der Waals surface area contributed by atoms with Gasteiger partial charge < -0.3 is 10.2 Å². The number of likely N-dealkylation sites (N-methyl/N-ethyl adjacent to an activating group) is 1. The molecule has 0 bridgehead atoms. The van der Waals surface area contributed by atoms with Gasteiger partial charge in [-0.05, 0) is 44.4 Å². The molecule has 1 N–H and O–H groups in total. The number of halogens is 3. The van der Waals surface area contributed by atoms with Gasteiger partial charge in [-0.15, -0.1) is 0 Å². The van der Waals surface area contributed by atoms with Crippen LogP contribution in [0.15, 0.2) is 24.3 Å². The van der Waals surface area contributed by atoms with Crippen molar-refractivity contribution in [1.29, 1.82) is 0 Å². The van der Waals surface area contributed by atoms with E-state index in [2.05, 4.69) is 5.32 Å². The standard InChI is InChI=1S/C20H28F3N3O2/c1-4-15-8-5-6-10-17(15)24-18(27)13-25(3)19(28)14(2)26-11-7-9-16(12-26)20(21,22)23/h5-6,8,10,14,16H,4,7,9,11-13H2,1-3H3,(H,24,27)/t14-,16+/m1/s1. The van der Waals surface area contributed by atoms with E-state index in [1.54, 1.807) is 17.9 Å². The third-order valence-electron chi connectivity index (χ3n) is 5.25. The molecule has 1 saturated heterocycles. The van der Waals surface area contributed by atoms with Crippen molar-refractivity contribution in [1.82, 2.24) is 9.80 Å². The van der Waals surface area contributed by atoms with Crippen molar-refractivity contribution in [3.8, 4) is 0 Å². The minimum absolute atomic E-state index is 0.0932. The zero-order valence-corrected chi connectivity index (χ0v) is 16.6. The molecular formula is C20H28F3N3O2. The number of carbonyl (C=O) groups is 2. The summed E-state index contributed by atoms with van der Waals surface area (Å²) in [5.41, 5.74) is 1.69. The van der Waals surface area contributed by atoms with Crippen molar-refractivity contribution in [2.75, 3.05) is 32.0 Å². The number of amides is 2. The topological polar surface area (TPSA) is 52.7 Å². The number of rotatable bonds is 6. The zero-order chi connectivity index (χ0) is 20.9. The average Bonchev–Trinajstić information content (AvgIpc) is 2.66. The van der Waals surface area contributed by atoms with Gasteiger partial charge >= 0.3 is 6.18 Å². The van der Waals surface area contributed by atoms with Crippen molar-refractivity contribution >= 4 is 17.5 Å². The van der Waals surface area contributed by atoms with Gasteiger partial charge in [-0.25, -0.2) is 0 Å². The minimum atomic E-state index is -4.25. The maximum absolute atomic E-state index is 13.0. The first-order valence-electron chi connectivity index (χ1n) is 9.57. The number of likely N-dealkylation sites (tertiary alicyclic amines) is 1. The van der Waals surface area contributed by atoms with Gasteiger partial charge in [0.05, 0.1) is 18.5 Å². The van der Waals surface area contributed by atoms with Crippen LogP contribution in [-0.4, -0.2) is 60.5 Å². The van der Waals surface area contributed by atoms with Gasteiger partial charge in [0.2, 0.25) is 11.8 Å². The third-order valence-corrected chi connectivity index (χ3v) is 5.25. The molecule has 0 radical (unpaired) electrons. The first-order valence-corrected chi connectivity index (χ1v) is 9.57. The lowest BCUT2D eigenvalue weighted by molar-refractivity contribution is -0.189. The Balaban J connectivity index is 1.93. The zero-order valence-electron chi connectivity index (χ0n) is 16.6. The number of hydrogen-bond donors (Lipinski definition) is 1. The van der Waals surface area contributed by atoms with Crippen LogP contribution in [0.25, 0.3) is 0 Å². The molecule has 5 nitrogen and oxygen atoms in total. The molecule has 156 valence electrons. The Morgan fingerprint density at radius 3 is 2.64 bits per heavy atom. The Morgan fingerprint density at radius 2 is 2.00 bits per heavy atom. The van der Waals surface area contributed by atoms with E-state index in [0.717, 1.165) is 12.0 Å². The molecule has 1 aromatic carbocycles. The van der Waals surface area contributed by atoms with E-state index in [0.29, 0.717) is 18.7 Å². The predicted octanol–water partition coefficient (Wildman–Crippen LogP) is 3.31. The molecule has 1 heterocycles. The number of nitrogens with zero attached hydrogens (tertiary/aromatic N) is 2. The van der Waals surface area contributed by atoms with Crippen LogP contribution >= 0.6 is 0 Å². The predicted molar refractivity (Wildman–Crippen MR) is 102 cm³/mol. The van der Waals surface area contributed by atoms with Crippen molar-refractivity contribution in [3.63, 3.8) is 0 Å². The Kier molecular flexibility index (Phi) is 7.46. The van der Waals surface area contributed by atoms with Gasteiger partial charge in [-0.2, -0.15) is 13.2 Å². The summed E-state index contributed by atoms with van der Waals surface area (Å²) in [7, 11) is 1.50. The highest BCUT2D eigenvalue weighted by Crippen LogP contribution is 2.33. The monoisotopic (exact) mass is 399 g/mol. The largest absolute Gasteiger partial charge is 0.393 e. The molecule has 0 spiro atoms. The molecule has 1 fully saturated rings. The third kappa shape index (κ3) is 5.70. The number of carbonyl (C=O) groups excluding carboxylic acids is 2. The maximum atomic E-state index is 13.0. The normalized spacial score (nSPS) is 19.1. The molecule has 1 aliphatic heterocycles. The van der Waals surface area contributed by atoms with Crippen LogP contribution in [0, 0.1) is 5.92 Å². The first kappa shape index (κ1) is 22.2. The lowest BCUT2D eigenvalue weighted by Crippen LogP contribution is -2.52. The van der Waals surface area contributed by atoms with E-state index in [1.165, 1.54) is 11.9 Å². The fraction of sp³-hybridized carbons (Fsp3) is 0.600. The van der Waals surface area contributed by atoms with Crippen LogP contribution < -0.4 is 5.32 Å². The summed E-state index contributed by atoms with van der Waals surface area (Å²) >= 11 is 0. The molecule has 0 unspecified atom stereocenters. The van der Waals surface area contributed by atoms with Crippen LogP contribution in [0.2, 0.25) is 0 Å². The van der Waals surface area contributed by atoms with Crippen LogP contribution in [-0.2, 0) is 16.0 Å². The molecule has 0 saturated carbocycles. The lowest BCUT2D eigenvalue weighted by Gasteiger charge is -2.37. The van der Waals surface area contributed by atoms with Crippen molar-refractivity contribution < 1.29 is 22.8 Å². The average molecular weight is 399 g/mol. The highest BCUT2D eigenvalue weighted by atomic mass is 19.4. The molecule has 1 aliphatic rings. The molecule has 0 aliphatic carbocycles. The van der Waals surface area contributed by atoms with Crippen LogP contribution in [0.5, 0.6) is 0 Å². The smallest absolute Gasteiger partial charge is 0.335 e. The van der Waals surface area contributed by atoms with E-state index in [9.17, 15) is 22.8 Å². The number of benzene rings is 1. The van der Waals surface area contributed by atoms with Gasteiger partial charge in [-0.1, -0.05) is 25.1 Å². The molecule has 1 aromatic rings. The molecule has 0 aromatic heterocycles. The van der Waals surface area contributed by atoms with Crippen molar-refractivity contribution in [3.05, 3.63) is 29.8 Å². The van der Waals surface area contributed by atoms with E-state index in [4.69, 9.17) is 0 Å². The van der Waals surface area contributed by atoms with E-state index in [1.807, 2.05) is 25.1 Å². The molecule has 2 atom stereocenters. The van der Waals surface area contributed by atoms with Gasteiger partial charge in [0.1, 0.15) is 0 Å². The number of hydrogen-bond acceptors (Lipinski definition) is 3. The summed E-state index contributed by atoms with van der Waals surface area (Å²) in [4.78, 5) is 27.8. The maximum Gasteiger partial charge on any atom is 0.393 e. The Bertz CT molecular complexity index is 694. The SMILES string of the molecule is CCc1ccccc1NC(=O)CN(C)C(=O)[C@@H](C)N1CCC[C@H](C(F)(F)F)C1. The molecular weight excluding hydrogens is 371 g/mol. The van der Waals surface area contributed by atoms with Crippen molar-refractivity contribution in [2.24, 2.45) is 5.92 Å².